The molecule has 0 spiro atoms. The van der Waals surface area contributed by atoms with E-state index in [0.717, 1.165) is 89.1 Å². The summed E-state index contributed by atoms with van der Waals surface area (Å²) < 4.78 is 0. The molecule has 0 aromatic heterocycles. The zero-order valence-electron chi connectivity index (χ0n) is 18.8. The summed E-state index contributed by atoms with van der Waals surface area (Å²) in [6.45, 7) is 10.4. The molecule has 0 radical (unpaired) electrons. The zero-order valence-corrected chi connectivity index (χ0v) is 19.5. The van der Waals surface area contributed by atoms with Gasteiger partial charge in [0.25, 0.3) is 0 Å². The van der Waals surface area contributed by atoms with Gasteiger partial charge < -0.3 is 20.0 Å². The summed E-state index contributed by atoms with van der Waals surface area (Å²) in [7, 11) is 0. The van der Waals surface area contributed by atoms with Crippen LogP contribution in [-0.4, -0.2) is 86.2 Å². The molecule has 2 aliphatic heterocycles. The molecule has 2 fully saturated rings. The highest BCUT2D eigenvalue weighted by Gasteiger charge is 2.21. The highest BCUT2D eigenvalue weighted by atomic mass is 35.5. The maximum Gasteiger partial charge on any atom is 0.317 e. The van der Waals surface area contributed by atoms with Crippen LogP contribution in [0.4, 0.5) is 10.5 Å². The molecule has 0 bridgehead atoms. The number of carbonyl (C=O) groups is 1. The maximum absolute atomic E-state index is 12.5. The van der Waals surface area contributed by atoms with Crippen LogP contribution in [0.3, 0.4) is 0 Å². The molecule has 0 aliphatic carbocycles. The lowest BCUT2D eigenvalue weighted by Gasteiger charge is -2.36. The van der Waals surface area contributed by atoms with Gasteiger partial charge in [-0.25, -0.2) is 4.79 Å². The van der Waals surface area contributed by atoms with Gasteiger partial charge in [-0.1, -0.05) is 48.0 Å². The first-order chi connectivity index (χ1) is 15.7. The first-order valence-electron chi connectivity index (χ1n) is 11.7. The molecule has 0 atom stereocenters. The predicted molar refractivity (Wildman–Crippen MR) is 131 cm³/mol. The number of hydrogen-bond donors (Lipinski definition) is 1. The van der Waals surface area contributed by atoms with Crippen molar-refractivity contribution in [2.75, 3.05) is 70.3 Å². The van der Waals surface area contributed by atoms with Crippen LogP contribution in [0.2, 0.25) is 5.02 Å². The van der Waals surface area contributed by atoms with E-state index in [1.165, 1.54) is 5.56 Å². The third kappa shape index (κ3) is 6.61. The maximum atomic E-state index is 12.5. The fraction of sp³-hybridized carbons (Fsp3) is 0.480. The van der Waals surface area contributed by atoms with E-state index in [4.69, 9.17) is 11.6 Å². The van der Waals surface area contributed by atoms with E-state index in [9.17, 15) is 4.79 Å². The van der Waals surface area contributed by atoms with Gasteiger partial charge in [0.05, 0.1) is 0 Å². The van der Waals surface area contributed by atoms with E-state index >= 15 is 0 Å². The normalized spacial score (nSPS) is 18.0. The van der Waals surface area contributed by atoms with Crippen molar-refractivity contribution in [3.8, 4) is 0 Å². The topological polar surface area (TPSA) is 42.1 Å². The molecule has 4 rings (SSSR count). The van der Waals surface area contributed by atoms with Gasteiger partial charge >= 0.3 is 6.03 Å². The summed E-state index contributed by atoms with van der Waals surface area (Å²) in [5.74, 6) is 0. The van der Waals surface area contributed by atoms with Crippen molar-refractivity contribution < 1.29 is 4.79 Å². The Bertz CT molecular complexity index is 848. The second-order valence-electron chi connectivity index (χ2n) is 8.64. The zero-order chi connectivity index (χ0) is 22.2. The number of nitrogens with one attached hydrogen (secondary N) is 1. The lowest BCUT2D eigenvalue weighted by atomic mass is 10.2. The van der Waals surface area contributed by atoms with Gasteiger partial charge in [0.2, 0.25) is 0 Å². The van der Waals surface area contributed by atoms with Crippen molar-refractivity contribution in [1.82, 2.24) is 20.0 Å². The van der Waals surface area contributed by atoms with Crippen molar-refractivity contribution in [3.63, 3.8) is 0 Å². The quantitative estimate of drug-likeness (QED) is 0.650. The van der Waals surface area contributed by atoms with Gasteiger partial charge in [0, 0.05) is 76.2 Å². The highest BCUT2D eigenvalue weighted by Crippen LogP contribution is 2.20. The molecule has 2 aliphatic rings. The molecule has 2 saturated heterocycles. The summed E-state index contributed by atoms with van der Waals surface area (Å²) in [6, 6.07) is 18.7. The Kier molecular flexibility index (Phi) is 8.26. The van der Waals surface area contributed by atoms with Gasteiger partial charge in [-0.2, -0.15) is 0 Å². The fourth-order valence-corrected chi connectivity index (χ4v) is 4.65. The Labute approximate surface area is 196 Å². The van der Waals surface area contributed by atoms with Crippen LogP contribution in [-0.2, 0) is 6.54 Å². The third-order valence-electron chi connectivity index (χ3n) is 6.38. The second kappa shape index (κ2) is 11.5. The van der Waals surface area contributed by atoms with E-state index in [-0.39, 0.29) is 6.03 Å². The van der Waals surface area contributed by atoms with Crippen LogP contribution in [0.1, 0.15) is 12.0 Å². The lowest BCUT2D eigenvalue weighted by molar-refractivity contribution is 0.126. The van der Waals surface area contributed by atoms with Crippen molar-refractivity contribution in [3.05, 3.63) is 65.2 Å². The van der Waals surface area contributed by atoms with E-state index in [0.29, 0.717) is 0 Å². The minimum absolute atomic E-state index is 0.0587. The van der Waals surface area contributed by atoms with Gasteiger partial charge in [0.1, 0.15) is 0 Å². The smallest absolute Gasteiger partial charge is 0.317 e. The van der Waals surface area contributed by atoms with Crippen molar-refractivity contribution in [1.29, 1.82) is 0 Å². The van der Waals surface area contributed by atoms with Gasteiger partial charge in [0.15, 0.2) is 0 Å². The summed E-state index contributed by atoms with van der Waals surface area (Å²) in [4.78, 5) is 21.8. The average Bonchev–Trinajstić information content (AvgIpc) is 2.83. The molecule has 32 heavy (non-hydrogen) atoms. The van der Waals surface area contributed by atoms with Crippen LogP contribution in [0, 0.1) is 0 Å². The standard InChI is InChI=1S/C25H34ClN5O/c26-23-8-4-9-24(20-23)30-16-18-31(19-17-30)25(32)27-10-5-11-28-12-14-29(15-13-28)21-22-6-2-1-3-7-22/h1-4,6-9,20H,5,10-19,21H2,(H,27,32). The van der Waals surface area contributed by atoms with E-state index < -0.39 is 0 Å². The Morgan fingerprint density at radius 1 is 0.844 bits per heavy atom. The Hall–Kier alpha value is -2.28. The first kappa shape index (κ1) is 22.9. The Morgan fingerprint density at radius 2 is 1.56 bits per heavy atom. The number of anilines is 1. The molecule has 2 aromatic rings. The van der Waals surface area contributed by atoms with Gasteiger partial charge in [-0.3, -0.25) is 4.90 Å². The highest BCUT2D eigenvalue weighted by molar-refractivity contribution is 6.30. The molecule has 0 unspecified atom stereocenters. The molecule has 2 heterocycles. The summed E-state index contributed by atoms with van der Waals surface area (Å²) >= 11 is 6.10. The fourth-order valence-electron chi connectivity index (χ4n) is 4.46. The van der Waals surface area contributed by atoms with Crippen molar-refractivity contribution in [2.45, 2.75) is 13.0 Å². The van der Waals surface area contributed by atoms with Crippen LogP contribution in [0.25, 0.3) is 0 Å². The number of rotatable bonds is 7. The molecule has 2 amide bonds. The lowest BCUT2D eigenvalue weighted by Crippen LogP contribution is -2.52. The van der Waals surface area contributed by atoms with Crippen LogP contribution >= 0.6 is 11.6 Å². The molecule has 0 saturated carbocycles. The molecule has 6 nitrogen and oxygen atoms in total. The number of amides is 2. The number of hydrogen-bond acceptors (Lipinski definition) is 4. The predicted octanol–water partition coefficient (Wildman–Crippen LogP) is 3.38. The minimum atomic E-state index is 0.0587. The van der Waals surface area contributed by atoms with Gasteiger partial charge in [-0.05, 0) is 36.7 Å². The number of benzene rings is 2. The second-order valence-corrected chi connectivity index (χ2v) is 9.08. The monoisotopic (exact) mass is 455 g/mol. The third-order valence-corrected chi connectivity index (χ3v) is 6.62. The molecule has 2 aromatic carbocycles. The average molecular weight is 456 g/mol. The molecule has 1 N–H and O–H groups in total. The number of piperazine rings is 2. The SMILES string of the molecule is O=C(NCCCN1CCN(Cc2ccccc2)CC1)N1CCN(c2cccc(Cl)c2)CC1. The Morgan fingerprint density at radius 3 is 2.28 bits per heavy atom. The summed E-state index contributed by atoms with van der Waals surface area (Å²) in [5.41, 5.74) is 2.51. The van der Waals surface area contributed by atoms with Crippen molar-refractivity contribution in [2.24, 2.45) is 0 Å². The van der Waals surface area contributed by atoms with Crippen molar-refractivity contribution >= 4 is 23.3 Å². The van der Waals surface area contributed by atoms with E-state index in [1.54, 1.807) is 0 Å². The molecular formula is C25H34ClN5O. The van der Waals surface area contributed by atoms with Crippen LogP contribution < -0.4 is 10.2 Å². The number of urea groups is 1. The number of halogens is 1. The number of carbonyl (C=O) groups excluding carboxylic acids is 1. The Balaban J connectivity index is 1.08. The molecule has 172 valence electrons. The largest absolute Gasteiger partial charge is 0.368 e. The molecular weight excluding hydrogens is 422 g/mol. The first-order valence-corrected chi connectivity index (χ1v) is 12.1. The van der Waals surface area contributed by atoms with Crippen LogP contribution in [0.15, 0.2) is 54.6 Å². The minimum Gasteiger partial charge on any atom is -0.368 e. The van der Waals surface area contributed by atoms with Crippen LogP contribution in [0.5, 0.6) is 0 Å². The van der Waals surface area contributed by atoms with Gasteiger partial charge in [-0.15, -0.1) is 0 Å². The molecule has 7 heteroatoms. The van der Waals surface area contributed by atoms with E-state index in [1.807, 2.05) is 23.1 Å². The summed E-state index contributed by atoms with van der Waals surface area (Å²) in [5, 5.41) is 3.86. The summed E-state index contributed by atoms with van der Waals surface area (Å²) in [6.07, 6.45) is 0.993. The van der Waals surface area contributed by atoms with E-state index in [2.05, 4.69) is 56.4 Å². The number of nitrogens with zero attached hydrogens (tertiary/aromatic N) is 4.